The van der Waals surface area contributed by atoms with Crippen LogP contribution in [0.3, 0.4) is 0 Å². The van der Waals surface area contributed by atoms with Gasteiger partial charge in [0.2, 0.25) is 0 Å². The average molecular weight is 360 g/mol. The first-order chi connectivity index (χ1) is 10.6. The van der Waals surface area contributed by atoms with Crippen LogP contribution in [-0.4, -0.2) is 18.0 Å². The van der Waals surface area contributed by atoms with Gasteiger partial charge in [0.1, 0.15) is 0 Å². The van der Waals surface area contributed by atoms with E-state index in [0.29, 0.717) is 10.2 Å². The Morgan fingerprint density at radius 1 is 1.05 bits per heavy atom. The fourth-order valence-corrected chi connectivity index (χ4v) is 1.99. The van der Waals surface area contributed by atoms with E-state index >= 15 is 0 Å². The molecule has 2 rings (SSSR count). The third-order valence-corrected chi connectivity index (χ3v) is 3.48. The summed E-state index contributed by atoms with van der Waals surface area (Å²) in [6.07, 6.45) is 1.48. The maximum absolute atomic E-state index is 11.7. The van der Waals surface area contributed by atoms with E-state index in [1.165, 1.54) is 6.21 Å². The van der Waals surface area contributed by atoms with Gasteiger partial charge in [0.25, 0.3) is 0 Å². The Kier molecular flexibility index (Phi) is 5.43. The lowest BCUT2D eigenvalue weighted by molar-refractivity contribution is -0.136. The molecule has 0 radical (unpaired) electrons. The van der Waals surface area contributed by atoms with Gasteiger partial charge < -0.3 is 5.32 Å². The quantitative estimate of drug-likeness (QED) is 0.502. The van der Waals surface area contributed by atoms with E-state index in [9.17, 15) is 9.59 Å². The third-order valence-electron chi connectivity index (χ3n) is 2.79. The van der Waals surface area contributed by atoms with Crippen LogP contribution in [0.5, 0.6) is 0 Å². The molecule has 0 fully saturated rings. The van der Waals surface area contributed by atoms with Crippen molar-refractivity contribution in [3.05, 3.63) is 64.1 Å². The van der Waals surface area contributed by atoms with Crippen molar-refractivity contribution < 1.29 is 9.59 Å². The van der Waals surface area contributed by atoms with Crippen molar-refractivity contribution in [2.24, 2.45) is 5.10 Å². The number of hydrazone groups is 1. The first-order valence-corrected chi connectivity index (χ1v) is 7.31. The molecular formula is C16H14BrN3O2. The molecule has 2 aromatic carbocycles. The Morgan fingerprint density at radius 3 is 2.41 bits per heavy atom. The number of rotatable bonds is 3. The Labute approximate surface area is 136 Å². The Balaban J connectivity index is 1.90. The first kappa shape index (κ1) is 15.9. The van der Waals surface area contributed by atoms with Crippen LogP contribution in [0.15, 0.2) is 58.1 Å². The van der Waals surface area contributed by atoms with Crippen LogP contribution in [0.2, 0.25) is 0 Å². The predicted octanol–water partition coefficient (Wildman–Crippen LogP) is 2.85. The van der Waals surface area contributed by atoms with E-state index in [1.807, 2.05) is 37.3 Å². The molecule has 0 saturated heterocycles. The molecule has 5 nitrogen and oxygen atoms in total. The van der Waals surface area contributed by atoms with Gasteiger partial charge >= 0.3 is 11.8 Å². The number of nitrogens with zero attached hydrogens (tertiary/aromatic N) is 1. The van der Waals surface area contributed by atoms with Gasteiger partial charge in [0.05, 0.1) is 11.9 Å². The molecule has 0 saturated carbocycles. The standard InChI is InChI=1S/C16H14BrN3O2/c1-11-6-8-12(9-7-11)10-18-20-16(22)15(21)19-14-5-3-2-4-13(14)17/h2-10H,1H3,(H,19,21)(H,20,22). The minimum absolute atomic E-state index is 0.519. The lowest BCUT2D eigenvalue weighted by Gasteiger charge is -2.05. The largest absolute Gasteiger partial charge is 0.329 e. The van der Waals surface area contributed by atoms with Crippen molar-refractivity contribution in [1.82, 2.24) is 5.43 Å². The second-order valence-electron chi connectivity index (χ2n) is 4.54. The summed E-state index contributed by atoms with van der Waals surface area (Å²) < 4.78 is 0.694. The van der Waals surface area contributed by atoms with Gasteiger partial charge in [-0.1, -0.05) is 42.0 Å². The summed E-state index contributed by atoms with van der Waals surface area (Å²) in [6.45, 7) is 1.98. The van der Waals surface area contributed by atoms with Crippen LogP contribution in [0.25, 0.3) is 0 Å². The second kappa shape index (κ2) is 7.51. The summed E-state index contributed by atoms with van der Waals surface area (Å²) in [5, 5.41) is 6.25. The lowest BCUT2D eigenvalue weighted by atomic mass is 10.2. The van der Waals surface area contributed by atoms with E-state index < -0.39 is 11.8 Å². The fraction of sp³-hybridized carbons (Fsp3) is 0.0625. The Morgan fingerprint density at radius 2 is 1.73 bits per heavy atom. The molecule has 0 atom stereocenters. The number of nitrogens with one attached hydrogen (secondary N) is 2. The lowest BCUT2D eigenvalue weighted by Crippen LogP contribution is -2.32. The van der Waals surface area contributed by atoms with Gasteiger partial charge in [0, 0.05) is 4.47 Å². The summed E-state index contributed by atoms with van der Waals surface area (Å²) in [6, 6.07) is 14.6. The monoisotopic (exact) mass is 359 g/mol. The number of hydrogen-bond donors (Lipinski definition) is 2. The zero-order valence-electron chi connectivity index (χ0n) is 11.8. The SMILES string of the molecule is Cc1ccc(C=NNC(=O)C(=O)Nc2ccccc2Br)cc1. The molecule has 0 unspecified atom stereocenters. The summed E-state index contributed by atoms with van der Waals surface area (Å²) >= 11 is 3.29. The molecule has 0 aliphatic carbocycles. The number of amides is 2. The summed E-state index contributed by atoms with van der Waals surface area (Å²) in [5.41, 5.74) is 4.67. The topological polar surface area (TPSA) is 70.6 Å². The number of aryl methyl sites for hydroxylation is 1. The molecule has 0 heterocycles. The van der Waals surface area contributed by atoms with Crippen molar-refractivity contribution in [2.75, 3.05) is 5.32 Å². The highest BCUT2D eigenvalue weighted by molar-refractivity contribution is 9.10. The molecule has 2 aromatic rings. The van der Waals surface area contributed by atoms with E-state index in [1.54, 1.807) is 18.2 Å². The number of carbonyl (C=O) groups excluding carboxylic acids is 2. The van der Waals surface area contributed by atoms with Gasteiger partial charge in [-0.15, -0.1) is 0 Å². The highest BCUT2D eigenvalue weighted by Crippen LogP contribution is 2.20. The molecule has 2 N–H and O–H groups in total. The number of carbonyl (C=O) groups is 2. The average Bonchev–Trinajstić information content (AvgIpc) is 2.51. The summed E-state index contributed by atoms with van der Waals surface area (Å²) in [7, 11) is 0. The summed E-state index contributed by atoms with van der Waals surface area (Å²) in [5.74, 6) is -1.62. The molecule has 0 aliphatic rings. The molecule has 112 valence electrons. The second-order valence-corrected chi connectivity index (χ2v) is 5.40. The first-order valence-electron chi connectivity index (χ1n) is 6.52. The zero-order valence-corrected chi connectivity index (χ0v) is 13.4. The number of anilines is 1. The maximum Gasteiger partial charge on any atom is 0.329 e. The summed E-state index contributed by atoms with van der Waals surface area (Å²) in [4.78, 5) is 23.4. The molecule has 6 heteroatoms. The van der Waals surface area contributed by atoms with Crippen LogP contribution >= 0.6 is 15.9 Å². The van der Waals surface area contributed by atoms with Gasteiger partial charge in [-0.2, -0.15) is 5.10 Å². The Hall–Kier alpha value is -2.47. The highest BCUT2D eigenvalue weighted by Gasteiger charge is 2.13. The van der Waals surface area contributed by atoms with Crippen molar-refractivity contribution >= 4 is 39.6 Å². The van der Waals surface area contributed by atoms with Crippen LogP contribution < -0.4 is 10.7 Å². The molecule has 0 spiro atoms. The van der Waals surface area contributed by atoms with Crippen LogP contribution in [0, 0.1) is 6.92 Å². The molecule has 22 heavy (non-hydrogen) atoms. The normalized spacial score (nSPS) is 10.5. The van der Waals surface area contributed by atoms with Crippen molar-refractivity contribution in [1.29, 1.82) is 0 Å². The number of para-hydroxylation sites is 1. The highest BCUT2D eigenvalue weighted by atomic mass is 79.9. The number of halogens is 1. The van der Waals surface area contributed by atoms with Gasteiger partial charge in [-0.3, -0.25) is 9.59 Å². The van der Waals surface area contributed by atoms with E-state index in [0.717, 1.165) is 11.1 Å². The fourth-order valence-electron chi connectivity index (χ4n) is 1.61. The van der Waals surface area contributed by atoms with Gasteiger partial charge in [0.15, 0.2) is 0 Å². The van der Waals surface area contributed by atoms with Gasteiger partial charge in [-0.05, 0) is 40.5 Å². The smallest absolute Gasteiger partial charge is 0.317 e. The molecule has 2 amide bonds. The van der Waals surface area contributed by atoms with Crippen molar-refractivity contribution in [3.63, 3.8) is 0 Å². The molecule has 0 bridgehead atoms. The van der Waals surface area contributed by atoms with Gasteiger partial charge in [-0.25, -0.2) is 5.43 Å². The van der Waals surface area contributed by atoms with E-state index in [2.05, 4.69) is 31.8 Å². The van der Waals surface area contributed by atoms with E-state index in [4.69, 9.17) is 0 Å². The van der Waals surface area contributed by atoms with Crippen LogP contribution in [0.4, 0.5) is 5.69 Å². The van der Waals surface area contributed by atoms with Crippen LogP contribution in [0.1, 0.15) is 11.1 Å². The maximum atomic E-state index is 11.7. The molecule has 0 aliphatic heterocycles. The zero-order chi connectivity index (χ0) is 15.9. The minimum Gasteiger partial charge on any atom is -0.317 e. The van der Waals surface area contributed by atoms with Crippen LogP contribution in [-0.2, 0) is 9.59 Å². The molecular weight excluding hydrogens is 346 g/mol. The Bertz CT molecular complexity index is 712. The van der Waals surface area contributed by atoms with Crippen molar-refractivity contribution in [2.45, 2.75) is 6.92 Å². The third kappa shape index (κ3) is 4.53. The predicted molar refractivity (Wildman–Crippen MR) is 89.7 cm³/mol. The number of hydrogen-bond acceptors (Lipinski definition) is 3. The molecule has 0 aromatic heterocycles. The van der Waals surface area contributed by atoms with E-state index in [-0.39, 0.29) is 0 Å². The number of benzene rings is 2. The van der Waals surface area contributed by atoms with Crippen molar-refractivity contribution in [3.8, 4) is 0 Å². The minimum atomic E-state index is -0.834.